The molecule has 0 unspecified atom stereocenters. The number of benzene rings is 2. The Labute approximate surface area is 177 Å². The minimum Gasteiger partial charge on any atom is -0.465 e. The molecule has 0 aliphatic rings. The maximum atomic E-state index is 12.6. The Hall–Kier alpha value is -4.33. The number of hydrogen-bond acceptors (Lipinski definition) is 7. The normalized spacial score (nSPS) is 11.0. The van der Waals surface area contributed by atoms with E-state index >= 15 is 0 Å². The number of aromatic nitrogens is 5. The highest BCUT2D eigenvalue weighted by Crippen LogP contribution is 2.32. The second kappa shape index (κ2) is 7.49. The van der Waals surface area contributed by atoms with Gasteiger partial charge in [-0.15, -0.1) is 10.2 Å². The quantitative estimate of drug-likeness (QED) is 0.409. The third-order valence-electron chi connectivity index (χ3n) is 4.93. The Kier molecular flexibility index (Phi) is 4.51. The van der Waals surface area contributed by atoms with Crippen LogP contribution in [0.25, 0.3) is 39.6 Å². The van der Waals surface area contributed by atoms with Crippen LogP contribution in [0.1, 0.15) is 15.9 Å². The number of ether oxygens (including phenoxy) is 1. The fourth-order valence-electron chi connectivity index (χ4n) is 3.32. The van der Waals surface area contributed by atoms with Crippen LogP contribution in [0.2, 0.25) is 0 Å². The van der Waals surface area contributed by atoms with E-state index in [0.717, 1.165) is 16.8 Å². The van der Waals surface area contributed by atoms with Crippen molar-refractivity contribution in [2.75, 3.05) is 7.11 Å². The van der Waals surface area contributed by atoms with E-state index in [-0.39, 0.29) is 11.3 Å². The van der Waals surface area contributed by atoms with Gasteiger partial charge in [0.2, 0.25) is 5.76 Å². The molecular weight excluding hydrogens is 394 g/mol. The van der Waals surface area contributed by atoms with Crippen molar-refractivity contribution < 1.29 is 14.1 Å². The summed E-state index contributed by atoms with van der Waals surface area (Å²) >= 11 is 0. The van der Waals surface area contributed by atoms with Crippen LogP contribution in [0.4, 0.5) is 0 Å². The Morgan fingerprint density at radius 1 is 0.968 bits per heavy atom. The van der Waals surface area contributed by atoms with Gasteiger partial charge in [0, 0.05) is 17.2 Å². The fraction of sp³-hybridized carbons (Fsp3) is 0.0870. The van der Waals surface area contributed by atoms with Gasteiger partial charge in [-0.25, -0.2) is 9.31 Å². The minimum absolute atomic E-state index is 0.174. The smallest absolute Gasteiger partial charge is 0.344 e. The second-order valence-corrected chi connectivity index (χ2v) is 7.01. The number of esters is 1. The molecule has 8 heteroatoms. The molecule has 0 bridgehead atoms. The van der Waals surface area contributed by atoms with Gasteiger partial charge in [0.1, 0.15) is 11.3 Å². The first-order valence-corrected chi connectivity index (χ1v) is 9.58. The molecular formula is C23H17N5O3. The highest BCUT2D eigenvalue weighted by atomic mass is 16.5. The highest BCUT2D eigenvalue weighted by Gasteiger charge is 2.27. The summed E-state index contributed by atoms with van der Waals surface area (Å²) in [6.45, 7) is 2.03. The molecule has 0 saturated carbocycles. The number of nitrogens with zero attached hydrogens (tertiary/aromatic N) is 5. The standard InChI is InChI=1S/C23H17N5O3/c1-14-8-10-15(11-9-14)17-12-19-25-24-18(13-28(19)26-17)22-20(23(29)30-2)21(27-31-22)16-6-4-3-5-7-16/h3-13H,1-2H3. The lowest BCUT2D eigenvalue weighted by Gasteiger charge is -2.02. The molecule has 0 spiro atoms. The molecule has 152 valence electrons. The summed E-state index contributed by atoms with van der Waals surface area (Å²) in [5, 5.41) is 17.2. The molecule has 0 radical (unpaired) electrons. The van der Waals surface area contributed by atoms with Crippen LogP contribution in [0.5, 0.6) is 0 Å². The van der Waals surface area contributed by atoms with Crippen molar-refractivity contribution in [3.8, 4) is 34.0 Å². The van der Waals surface area contributed by atoms with E-state index in [2.05, 4.69) is 20.5 Å². The summed E-state index contributed by atoms with van der Waals surface area (Å²) in [6.07, 6.45) is 1.65. The van der Waals surface area contributed by atoms with Crippen LogP contribution in [-0.4, -0.2) is 38.0 Å². The molecule has 0 amide bonds. The van der Waals surface area contributed by atoms with Gasteiger partial charge in [-0.05, 0) is 6.92 Å². The van der Waals surface area contributed by atoms with Gasteiger partial charge in [0.05, 0.1) is 19.0 Å². The number of hydrogen-bond donors (Lipinski definition) is 0. The van der Waals surface area contributed by atoms with Gasteiger partial charge in [-0.1, -0.05) is 65.3 Å². The van der Waals surface area contributed by atoms with E-state index in [9.17, 15) is 4.79 Å². The van der Waals surface area contributed by atoms with Gasteiger partial charge >= 0.3 is 5.97 Å². The van der Waals surface area contributed by atoms with Crippen molar-refractivity contribution in [1.82, 2.24) is 25.0 Å². The van der Waals surface area contributed by atoms with Crippen molar-refractivity contribution in [1.29, 1.82) is 0 Å². The maximum absolute atomic E-state index is 12.6. The van der Waals surface area contributed by atoms with Crippen LogP contribution in [0, 0.1) is 6.92 Å². The van der Waals surface area contributed by atoms with Crippen molar-refractivity contribution >= 4 is 11.6 Å². The predicted octanol–water partition coefficient (Wildman–Crippen LogP) is 4.21. The van der Waals surface area contributed by atoms with E-state index < -0.39 is 5.97 Å². The number of rotatable bonds is 4. The van der Waals surface area contributed by atoms with Crippen LogP contribution in [0.3, 0.4) is 0 Å². The zero-order chi connectivity index (χ0) is 21.4. The van der Waals surface area contributed by atoms with E-state index in [1.54, 1.807) is 10.7 Å². The Morgan fingerprint density at radius 3 is 2.48 bits per heavy atom. The second-order valence-electron chi connectivity index (χ2n) is 7.01. The lowest BCUT2D eigenvalue weighted by Crippen LogP contribution is -2.05. The average Bonchev–Trinajstić information content (AvgIpc) is 3.43. The predicted molar refractivity (Wildman–Crippen MR) is 113 cm³/mol. The van der Waals surface area contributed by atoms with Gasteiger partial charge in [-0.3, -0.25) is 0 Å². The molecule has 31 heavy (non-hydrogen) atoms. The van der Waals surface area contributed by atoms with Crippen molar-refractivity contribution in [2.24, 2.45) is 0 Å². The third-order valence-corrected chi connectivity index (χ3v) is 4.93. The molecule has 0 saturated heterocycles. The largest absolute Gasteiger partial charge is 0.465 e. The molecule has 0 fully saturated rings. The van der Waals surface area contributed by atoms with Crippen molar-refractivity contribution in [3.05, 3.63) is 78.0 Å². The fourth-order valence-corrected chi connectivity index (χ4v) is 3.32. The monoisotopic (exact) mass is 411 g/mol. The first-order valence-electron chi connectivity index (χ1n) is 9.58. The lowest BCUT2D eigenvalue weighted by molar-refractivity contribution is 0.0602. The molecule has 0 aliphatic carbocycles. The Morgan fingerprint density at radius 2 is 1.74 bits per heavy atom. The Bertz CT molecular complexity index is 1390. The number of methoxy groups -OCH3 is 1. The maximum Gasteiger partial charge on any atom is 0.344 e. The molecule has 3 heterocycles. The van der Waals surface area contributed by atoms with Gasteiger partial charge in [0.15, 0.2) is 11.3 Å². The topological polar surface area (TPSA) is 95.4 Å². The average molecular weight is 411 g/mol. The first-order chi connectivity index (χ1) is 15.1. The molecule has 0 atom stereocenters. The van der Waals surface area contributed by atoms with Gasteiger partial charge < -0.3 is 9.26 Å². The Balaban J connectivity index is 1.61. The molecule has 0 aliphatic heterocycles. The van der Waals surface area contributed by atoms with Crippen LogP contribution >= 0.6 is 0 Å². The number of aryl methyl sites for hydroxylation is 1. The first kappa shape index (κ1) is 18.7. The molecule has 0 N–H and O–H groups in total. The third kappa shape index (κ3) is 3.33. The number of carbonyl (C=O) groups excluding carboxylic acids is 1. The van der Waals surface area contributed by atoms with E-state index in [1.165, 1.54) is 12.7 Å². The van der Waals surface area contributed by atoms with Crippen molar-refractivity contribution in [3.63, 3.8) is 0 Å². The molecule has 3 aromatic heterocycles. The molecule has 5 rings (SSSR count). The summed E-state index contributed by atoms with van der Waals surface area (Å²) < 4.78 is 12.1. The summed E-state index contributed by atoms with van der Waals surface area (Å²) in [5.41, 5.74) is 5.10. The summed E-state index contributed by atoms with van der Waals surface area (Å²) in [7, 11) is 1.31. The van der Waals surface area contributed by atoms with Crippen molar-refractivity contribution in [2.45, 2.75) is 6.92 Å². The lowest BCUT2D eigenvalue weighted by atomic mass is 10.1. The van der Waals surface area contributed by atoms with Crippen LogP contribution in [-0.2, 0) is 4.74 Å². The van der Waals surface area contributed by atoms with Crippen LogP contribution in [0.15, 0.2) is 71.4 Å². The molecule has 2 aromatic carbocycles. The zero-order valence-corrected chi connectivity index (χ0v) is 16.8. The zero-order valence-electron chi connectivity index (χ0n) is 16.8. The summed E-state index contributed by atoms with van der Waals surface area (Å²) in [5.74, 6) is -0.398. The highest BCUT2D eigenvalue weighted by molar-refractivity contribution is 6.01. The number of carbonyl (C=O) groups is 1. The number of fused-ring (bicyclic) bond motifs is 1. The van der Waals surface area contributed by atoms with Gasteiger partial charge in [-0.2, -0.15) is 5.10 Å². The summed E-state index contributed by atoms with van der Waals surface area (Å²) in [4.78, 5) is 12.6. The van der Waals surface area contributed by atoms with Crippen LogP contribution < -0.4 is 0 Å². The minimum atomic E-state index is -0.571. The van der Waals surface area contributed by atoms with E-state index in [4.69, 9.17) is 9.26 Å². The summed E-state index contributed by atoms with van der Waals surface area (Å²) in [6, 6.07) is 19.2. The molecule has 5 aromatic rings. The van der Waals surface area contributed by atoms with Gasteiger partial charge in [0.25, 0.3) is 0 Å². The SMILES string of the molecule is COC(=O)c1c(-c2ccccc2)noc1-c1cn2nc(-c3ccc(C)cc3)cc2nn1. The van der Waals surface area contributed by atoms with E-state index in [0.29, 0.717) is 17.0 Å². The molecule has 8 nitrogen and oxygen atoms in total. The van der Waals surface area contributed by atoms with E-state index in [1.807, 2.05) is 67.6 Å².